The van der Waals surface area contributed by atoms with Gasteiger partial charge in [-0.2, -0.15) is 0 Å². The van der Waals surface area contributed by atoms with Crippen LogP contribution in [0.4, 0.5) is 5.69 Å². The van der Waals surface area contributed by atoms with E-state index in [4.69, 9.17) is 4.74 Å². The zero-order valence-electron chi connectivity index (χ0n) is 11.8. The molecule has 1 heterocycles. The Morgan fingerprint density at radius 1 is 1.45 bits per heavy atom. The van der Waals surface area contributed by atoms with Crippen LogP contribution in [0, 0.1) is 0 Å². The van der Waals surface area contributed by atoms with Crippen LogP contribution in [-0.4, -0.2) is 28.7 Å². The van der Waals surface area contributed by atoms with Crippen LogP contribution in [0.1, 0.15) is 5.69 Å². The summed E-state index contributed by atoms with van der Waals surface area (Å²) >= 11 is 4.50. The molecule has 2 N–H and O–H groups in total. The molecule has 0 aliphatic heterocycles. The van der Waals surface area contributed by atoms with Crippen molar-refractivity contribution in [3.63, 3.8) is 0 Å². The van der Waals surface area contributed by atoms with Crippen molar-refractivity contribution in [1.29, 1.82) is 0 Å². The second-order valence-corrected chi connectivity index (χ2v) is 6.20. The molecule has 116 valence electrons. The van der Waals surface area contributed by atoms with E-state index >= 15 is 0 Å². The molecular formula is C14H14BrN3O3S. The molecule has 22 heavy (non-hydrogen) atoms. The molecule has 0 saturated heterocycles. The zero-order chi connectivity index (χ0) is 15.9. The third-order valence-corrected chi connectivity index (χ3v) is 3.88. The number of amides is 1. The van der Waals surface area contributed by atoms with E-state index in [0.29, 0.717) is 16.5 Å². The van der Waals surface area contributed by atoms with E-state index in [1.54, 1.807) is 6.07 Å². The molecule has 0 fully saturated rings. The Labute approximate surface area is 139 Å². The first-order chi connectivity index (χ1) is 10.6. The topological polar surface area (TPSA) is 84.1 Å². The number of ether oxygens (including phenoxy) is 1. The van der Waals surface area contributed by atoms with Crippen LogP contribution in [0.25, 0.3) is 0 Å². The smallest absolute Gasteiger partial charge is 0.251 e. The number of halogens is 1. The van der Waals surface area contributed by atoms with E-state index in [2.05, 4.69) is 31.2 Å². The molecule has 1 aromatic carbocycles. The van der Waals surface area contributed by atoms with E-state index < -0.39 is 0 Å². The van der Waals surface area contributed by atoms with Crippen molar-refractivity contribution >= 4 is 39.3 Å². The Kier molecular flexibility index (Phi) is 6.17. The molecule has 0 aliphatic rings. The first-order valence-corrected chi connectivity index (χ1v) is 8.12. The highest BCUT2D eigenvalue weighted by atomic mass is 79.9. The number of H-pyrrole nitrogens is 1. The fraction of sp³-hybridized carbons (Fsp3) is 0.214. The number of anilines is 1. The molecule has 0 saturated carbocycles. The van der Waals surface area contributed by atoms with Crippen LogP contribution in [0.5, 0.6) is 0 Å². The average molecular weight is 384 g/mol. The Morgan fingerprint density at radius 3 is 3.00 bits per heavy atom. The van der Waals surface area contributed by atoms with Gasteiger partial charge in [-0.3, -0.25) is 9.59 Å². The van der Waals surface area contributed by atoms with E-state index in [1.807, 2.05) is 18.2 Å². The van der Waals surface area contributed by atoms with Gasteiger partial charge in [0.2, 0.25) is 5.91 Å². The van der Waals surface area contributed by atoms with Gasteiger partial charge in [0.25, 0.3) is 5.56 Å². The van der Waals surface area contributed by atoms with Gasteiger partial charge in [-0.15, -0.1) is 0 Å². The number of nitrogens with zero attached hydrogens (tertiary/aromatic N) is 1. The summed E-state index contributed by atoms with van der Waals surface area (Å²) in [5.74, 6) is -0.0331. The summed E-state index contributed by atoms with van der Waals surface area (Å²) in [6, 6.07) is 8.68. The second kappa shape index (κ2) is 8.11. The van der Waals surface area contributed by atoms with Crippen LogP contribution in [0.2, 0.25) is 0 Å². The molecule has 0 radical (unpaired) electrons. The first kappa shape index (κ1) is 16.7. The largest absolute Gasteiger partial charge is 0.378 e. The number of aromatic nitrogens is 2. The van der Waals surface area contributed by atoms with Gasteiger partial charge in [0.15, 0.2) is 5.16 Å². The number of hydrogen-bond acceptors (Lipinski definition) is 5. The number of nitrogens with one attached hydrogen (secondary N) is 2. The molecule has 6 nitrogen and oxygen atoms in total. The molecule has 1 amide bonds. The highest BCUT2D eigenvalue weighted by molar-refractivity contribution is 9.10. The summed E-state index contributed by atoms with van der Waals surface area (Å²) in [6.45, 7) is 0.252. The van der Waals surface area contributed by atoms with Gasteiger partial charge in [-0.1, -0.05) is 33.8 Å². The van der Waals surface area contributed by atoms with Crippen LogP contribution < -0.4 is 10.9 Å². The van der Waals surface area contributed by atoms with Gasteiger partial charge in [0.1, 0.15) is 0 Å². The summed E-state index contributed by atoms with van der Waals surface area (Å²) < 4.78 is 5.83. The third kappa shape index (κ3) is 5.28. The van der Waals surface area contributed by atoms with E-state index in [1.165, 1.54) is 13.2 Å². The monoisotopic (exact) mass is 383 g/mol. The lowest BCUT2D eigenvalue weighted by molar-refractivity contribution is -0.113. The van der Waals surface area contributed by atoms with E-state index in [9.17, 15) is 9.59 Å². The molecule has 2 aromatic rings. The zero-order valence-corrected chi connectivity index (χ0v) is 14.2. The minimum atomic E-state index is -0.267. The van der Waals surface area contributed by atoms with Crippen molar-refractivity contribution < 1.29 is 9.53 Å². The highest BCUT2D eigenvalue weighted by Crippen LogP contribution is 2.17. The highest BCUT2D eigenvalue weighted by Gasteiger charge is 2.07. The van der Waals surface area contributed by atoms with Crippen molar-refractivity contribution in [3.05, 3.63) is 50.9 Å². The molecule has 8 heteroatoms. The van der Waals surface area contributed by atoms with Gasteiger partial charge in [-0.05, 0) is 18.2 Å². The molecular weight excluding hydrogens is 370 g/mol. The summed E-state index contributed by atoms with van der Waals surface area (Å²) in [6.07, 6.45) is 0. The Hall–Kier alpha value is -1.64. The maximum atomic E-state index is 11.9. The van der Waals surface area contributed by atoms with Gasteiger partial charge in [0.05, 0.1) is 18.1 Å². The normalized spacial score (nSPS) is 10.5. The average Bonchev–Trinajstić information content (AvgIpc) is 2.45. The van der Waals surface area contributed by atoms with Crippen LogP contribution in [0.15, 0.2) is 44.8 Å². The first-order valence-electron chi connectivity index (χ1n) is 6.34. The molecule has 0 bridgehead atoms. The van der Waals surface area contributed by atoms with Crippen molar-refractivity contribution in [2.75, 3.05) is 18.2 Å². The Morgan fingerprint density at radius 2 is 2.27 bits per heavy atom. The summed E-state index contributed by atoms with van der Waals surface area (Å²) in [5, 5.41) is 3.17. The molecule has 0 aliphatic carbocycles. The van der Waals surface area contributed by atoms with Crippen molar-refractivity contribution in [2.24, 2.45) is 0 Å². The summed E-state index contributed by atoms with van der Waals surface area (Å²) in [7, 11) is 1.53. The number of rotatable bonds is 6. The number of aromatic amines is 1. The third-order valence-electron chi connectivity index (χ3n) is 2.51. The molecule has 1 aromatic heterocycles. The predicted octanol–water partition coefficient (Wildman–Crippen LogP) is 2.41. The number of benzene rings is 1. The van der Waals surface area contributed by atoms with Gasteiger partial charge < -0.3 is 15.0 Å². The van der Waals surface area contributed by atoms with E-state index in [0.717, 1.165) is 16.2 Å². The summed E-state index contributed by atoms with van der Waals surface area (Å²) in [5.41, 5.74) is 0.965. The van der Waals surface area contributed by atoms with Crippen LogP contribution in [-0.2, 0) is 16.1 Å². The number of carbonyl (C=O) groups is 1. The quantitative estimate of drug-likeness (QED) is 0.590. The molecule has 2 rings (SSSR count). The second-order valence-electron chi connectivity index (χ2n) is 4.32. The van der Waals surface area contributed by atoms with Crippen LogP contribution in [0.3, 0.4) is 0 Å². The minimum Gasteiger partial charge on any atom is -0.378 e. The van der Waals surface area contributed by atoms with Crippen LogP contribution >= 0.6 is 27.7 Å². The Balaban J connectivity index is 1.95. The number of thioether (sulfide) groups is 1. The van der Waals surface area contributed by atoms with E-state index in [-0.39, 0.29) is 23.8 Å². The standard InChI is InChI=1S/C14H14BrN3O3S/c1-21-7-11-6-12(19)18-14(17-11)22-8-13(20)16-10-4-2-3-9(15)5-10/h2-6H,7-8H2,1H3,(H,16,20)(H,17,18,19). The van der Waals surface area contributed by atoms with Gasteiger partial charge in [-0.25, -0.2) is 4.98 Å². The van der Waals surface area contributed by atoms with Crippen molar-refractivity contribution in [1.82, 2.24) is 9.97 Å². The minimum absolute atomic E-state index is 0.145. The molecule has 0 atom stereocenters. The fourth-order valence-electron chi connectivity index (χ4n) is 1.67. The number of methoxy groups -OCH3 is 1. The maximum absolute atomic E-state index is 11.9. The number of carbonyl (C=O) groups excluding carboxylic acids is 1. The van der Waals surface area contributed by atoms with Crippen molar-refractivity contribution in [2.45, 2.75) is 11.8 Å². The van der Waals surface area contributed by atoms with Gasteiger partial charge in [0, 0.05) is 23.3 Å². The van der Waals surface area contributed by atoms with Gasteiger partial charge >= 0.3 is 0 Å². The lowest BCUT2D eigenvalue weighted by Crippen LogP contribution is -2.16. The Bertz CT molecular complexity index is 720. The maximum Gasteiger partial charge on any atom is 0.251 e. The lowest BCUT2D eigenvalue weighted by Gasteiger charge is -2.06. The molecule has 0 spiro atoms. The predicted molar refractivity (Wildman–Crippen MR) is 89.1 cm³/mol. The lowest BCUT2D eigenvalue weighted by atomic mass is 10.3. The summed E-state index contributed by atoms with van der Waals surface area (Å²) in [4.78, 5) is 30.2. The molecule has 0 unspecified atom stereocenters. The van der Waals surface area contributed by atoms with Crippen molar-refractivity contribution in [3.8, 4) is 0 Å². The fourth-order valence-corrected chi connectivity index (χ4v) is 2.76. The SMILES string of the molecule is COCc1cc(=O)[nH]c(SCC(=O)Nc2cccc(Br)c2)n1. The number of hydrogen-bond donors (Lipinski definition) is 2.